The van der Waals surface area contributed by atoms with E-state index in [9.17, 15) is 0 Å². The second-order valence-corrected chi connectivity index (χ2v) is 24.6. The molecule has 3 nitrogen and oxygen atoms in total. The molecule has 1 atom stereocenters. The summed E-state index contributed by atoms with van der Waals surface area (Å²) in [6.45, 7) is 13.0. The Balaban J connectivity index is 3.07. The summed E-state index contributed by atoms with van der Waals surface area (Å²) in [7, 11) is 0. The van der Waals surface area contributed by atoms with E-state index in [-0.39, 0.29) is 11.7 Å². The summed E-state index contributed by atoms with van der Waals surface area (Å²) in [5, 5.41) is 0. The number of ether oxygens (including phenoxy) is 3. The number of thiocarbonyl (C=S) groups is 1. The van der Waals surface area contributed by atoms with Gasteiger partial charge in [-0.1, -0.05) is 0 Å². The maximum absolute atomic E-state index is 6.62. The van der Waals surface area contributed by atoms with Gasteiger partial charge in [-0.25, -0.2) is 0 Å². The van der Waals surface area contributed by atoms with Crippen molar-refractivity contribution in [1.29, 1.82) is 0 Å². The van der Waals surface area contributed by atoms with E-state index in [2.05, 4.69) is 34.6 Å². The van der Waals surface area contributed by atoms with Crippen LogP contribution in [0.2, 0.25) is 13.3 Å². The van der Waals surface area contributed by atoms with Crippen molar-refractivity contribution >= 4 is 46.7 Å². The molecule has 1 fully saturated rings. The molecular formula is C23H46O3S2Sn. The van der Waals surface area contributed by atoms with Crippen molar-refractivity contribution in [3.8, 4) is 0 Å². The van der Waals surface area contributed by atoms with Crippen molar-refractivity contribution < 1.29 is 14.2 Å². The predicted octanol–water partition coefficient (Wildman–Crippen LogP) is 7.59. The van der Waals surface area contributed by atoms with E-state index in [1.165, 1.54) is 51.8 Å². The molecule has 6 heteroatoms. The van der Waals surface area contributed by atoms with Crippen LogP contribution in [0.15, 0.2) is 0 Å². The van der Waals surface area contributed by atoms with Crippen molar-refractivity contribution in [1.82, 2.24) is 0 Å². The molecule has 1 rings (SSSR count). The van der Waals surface area contributed by atoms with Gasteiger partial charge in [-0.05, 0) is 0 Å². The van der Waals surface area contributed by atoms with Gasteiger partial charge in [-0.2, -0.15) is 0 Å². The fourth-order valence-corrected chi connectivity index (χ4v) is 22.5. The molecule has 0 amide bonds. The van der Waals surface area contributed by atoms with Crippen LogP contribution in [-0.4, -0.2) is 52.6 Å². The summed E-state index contributed by atoms with van der Waals surface area (Å²) in [6, 6.07) is 0. The zero-order chi connectivity index (χ0) is 21.8. The number of rotatable bonds is 15. The van der Waals surface area contributed by atoms with Crippen LogP contribution in [0.3, 0.4) is 0 Å². The van der Waals surface area contributed by atoms with Crippen molar-refractivity contribution in [2.75, 3.05) is 19.5 Å². The molecule has 1 aliphatic heterocycles. The molecule has 0 saturated carbocycles. The SMILES string of the molecule is CCC[CH2][Sn]([CH2]CCC)([CH2]CCC)[CH](CCC(C)(C)C1OCCO1)OC(=S)SC. The molecular weight excluding hydrogens is 507 g/mol. The van der Waals surface area contributed by atoms with Crippen LogP contribution < -0.4 is 0 Å². The molecule has 1 unspecified atom stereocenters. The summed E-state index contributed by atoms with van der Waals surface area (Å²) < 4.78 is 23.8. The molecule has 0 aromatic carbocycles. The summed E-state index contributed by atoms with van der Waals surface area (Å²) in [4.78, 5) is 0. The van der Waals surface area contributed by atoms with Gasteiger partial charge in [0.1, 0.15) is 0 Å². The molecule has 29 heavy (non-hydrogen) atoms. The van der Waals surface area contributed by atoms with Gasteiger partial charge in [0, 0.05) is 0 Å². The first-order chi connectivity index (χ1) is 13.8. The van der Waals surface area contributed by atoms with Gasteiger partial charge < -0.3 is 0 Å². The molecule has 0 radical (unpaired) electrons. The monoisotopic (exact) mass is 554 g/mol. The molecule has 172 valence electrons. The quantitative estimate of drug-likeness (QED) is 0.154. The van der Waals surface area contributed by atoms with Crippen molar-refractivity contribution in [2.45, 2.75) is 110 Å². The Morgan fingerprint density at radius 2 is 1.52 bits per heavy atom. The van der Waals surface area contributed by atoms with E-state index in [1.54, 1.807) is 11.8 Å². The van der Waals surface area contributed by atoms with E-state index in [4.69, 9.17) is 26.4 Å². The molecule has 0 aromatic heterocycles. The Morgan fingerprint density at radius 1 is 1.03 bits per heavy atom. The molecule has 1 saturated heterocycles. The Kier molecular flexibility index (Phi) is 14.4. The molecule has 0 bridgehead atoms. The van der Waals surface area contributed by atoms with Gasteiger partial charge in [-0.15, -0.1) is 0 Å². The Labute approximate surface area is 194 Å². The predicted molar refractivity (Wildman–Crippen MR) is 135 cm³/mol. The van der Waals surface area contributed by atoms with Crippen LogP contribution in [0.25, 0.3) is 0 Å². The normalized spacial score (nSPS) is 16.9. The second kappa shape index (κ2) is 14.9. The fourth-order valence-electron chi connectivity index (χ4n) is 4.53. The Morgan fingerprint density at radius 3 is 1.93 bits per heavy atom. The van der Waals surface area contributed by atoms with Gasteiger partial charge in [0.2, 0.25) is 0 Å². The van der Waals surface area contributed by atoms with Crippen LogP contribution in [0, 0.1) is 5.41 Å². The minimum atomic E-state index is -2.55. The van der Waals surface area contributed by atoms with E-state index >= 15 is 0 Å². The zero-order valence-electron chi connectivity index (χ0n) is 19.9. The van der Waals surface area contributed by atoms with Crippen LogP contribution >= 0.6 is 24.0 Å². The number of hydrogen-bond acceptors (Lipinski definition) is 5. The molecule has 1 aliphatic rings. The third-order valence-electron chi connectivity index (χ3n) is 6.48. The standard InChI is InChI=1S/C11H19O3S2.3C4H9.Sn/c1-11(2,9-12-7-8-13-9)5-4-6-14-10(15)16-3;3*1-3-4-2;/h6,9H,4-5,7-8H2,1-3H3;3*1,3-4H2,2H3;. The van der Waals surface area contributed by atoms with Gasteiger partial charge >= 0.3 is 196 Å². The van der Waals surface area contributed by atoms with Crippen LogP contribution in [-0.2, 0) is 14.2 Å². The van der Waals surface area contributed by atoms with E-state index in [0.717, 1.165) is 30.4 Å². The third-order valence-corrected chi connectivity index (χ3v) is 24.1. The van der Waals surface area contributed by atoms with Gasteiger partial charge in [0.15, 0.2) is 0 Å². The summed E-state index contributed by atoms with van der Waals surface area (Å²) in [5.41, 5.74) is 0.0109. The van der Waals surface area contributed by atoms with Crippen LogP contribution in [0.4, 0.5) is 0 Å². The van der Waals surface area contributed by atoms with Crippen molar-refractivity contribution in [2.24, 2.45) is 5.41 Å². The van der Waals surface area contributed by atoms with E-state index in [0.29, 0.717) is 4.12 Å². The average Bonchev–Trinajstić information content (AvgIpc) is 3.26. The average molecular weight is 553 g/mol. The topological polar surface area (TPSA) is 27.7 Å². The first-order valence-electron chi connectivity index (χ1n) is 11.8. The van der Waals surface area contributed by atoms with Gasteiger partial charge in [0.25, 0.3) is 0 Å². The minimum absolute atomic E-state index is 0.0109. The molecule has 0 spiro atoms. The molecule has 0 aliphatic carbocycles. The maximum atomic E-state index is 6.62. The summed E-state index contributed by atoms with van der Waals surface area (Å²) in [5.74, 6) is 0. The number of unbranched alkanes of at least 4 members (excludes halogenated alkanes) is 3. The van der Waals surface area contributed by atoms with Gasteiger partial charge in [0.05, 0.1) is 0 Å². The first-order valence-corrected chi connectivity index (χ1v) is 21.2. The summed E-state index contributed by atoms with van der Waals surface area (Å²) >= 11 is 4.62. The third kappa shape index (κ3) is 9.54. The Bertz CT molecular complexity index is 432. The Hall–Kier alpha value is 0.959. The van der Waals surface area contributed by atoms with E-state index in [1.807, 2.05) is 6.26 Å². The summed E-state index contributed by atoms with van der Waals surface area (Å²) in [6.07, 6.45) is 12.1. The second-order valence-electron chi connectivity index (χ2n) is 9.33. The van der Waals surface area contributed by atoms with Gasteiger partial charge in [-0.3, -0.25) is 0 Å². The van der Waals surface area contributed by atoms with E-state index < -0.39 is 18.4 Å². The molecule has 0 N–H and O–H groups in total. The van der Waals surface area contributed by atoms with Crippen LogP contribution in [0.1, 0.15) is 86.0 Å². The fraction of sp³-hybridized carbons (Fsp3) is 0.957. The molecule has 0 aromatic rings. The first kappa shape index (κ1) is 28.0. The van der Waals surface area contributed by atoms with Crippen molar-refractivity contribution in [3.63, 3.8) is 0 Å². The van der Waals surface area contributed by atoms with Crippen LogP contribution in [0.5, 0.6) is 0 Å². The molecule has 1 heterocycles. The number of hydrogen-bond donors (Lipinski definition) is 0. The zero-order valence-corrected chi connectivity index (χ0v) is 24.4. The number of thioether (sulfide) groups is 1. The van der Waals surface area contributed by atoms with Crippen molar-refractivity contribution in [3.05, 3.63) is 0 Å².